The van der Waals surface area contributed by atoms with Crippen molar-refractivity contribution in [3.8, 4) is 11.5 Å². The van der Waals surface area contributed by atoms with Gasteiger partial charge in [-0.25, -0.2) is 4.39 Å². The van der Waals surface area contributed by atoms with Crippen molar-refractivity contribution in [3.05, 3.63) is 59.4 Å². The lowest BCUT2D eigenvalue weighted by Crippen LogP contribution is -2.31. The van der Waals surface area contributed by atoms with Gasteiger partial charge in [0.2, 0.25) is 0 Å². The first kappa shape index (κ1) is 23.7. The average molecular weight is 476 g/mol. The van der Waals surface area contributed by atoms with Crippen LogP contribution in [0.2, 0.25) is 0 Å². The molecule has 1 aliphatic heterocycles. The maximum absolute atomic E-state index is 14.5. The second-order valence-corrected chi connectivity index (χ2v) is 8.18. The maximum Gasteiger partial charge on any atom is 0.573 e. The molecule has 0 bridgehead atoms. The summed E-state index contributed by atoms with van der Waals surface area (Å²) in [5, 5.41) is 0. The zero-order valence-corrected chi connectivity index (χ0v) is 17.4. The Kier molecular flexibility index (Phi) is 6.76. The summed E-state index contributed by atoms with van der Waals surface area (Å²) in [5.74, 6) is -2.35. The Bertz CT molecular complexity index is 933. The Hall–Kier alpha value is -2.46. The molecule has 2 aromatic carbocycles. The third-order valence-corrected chi connectivity index (χ3v) is 5.88. The number of alkyl halides is 5. The number of rotatable bonds is 6. The van der Waals surface area contributed by atoms with E-state index < -0.39 is 41.6 Å². The third-order valence-electron chi connectivity index (χ3n) is 5.88. The lowest BCUT2D eigenvalue weighted by molar-refractivity contribution is -0.275. The second kappa shape index (κ2) is 9.42. The summed E-state index contributed by atoms with van der Waals surface area (Å²) in [6.07, 6.45) is -4.83. The predicted octanol–water partition coefficient (Wildman–Crippen LogP) is 6.70. The van der Waals surface area contributed by atoms with E-state index in [9.17, 15) is 26.3 Å². The van der Waals surface area contributed by atoms with Crippen LogP contribution in [0.1, 0.15) is 43.1 Å². The van der Waals surface area contributed by atoms with Gasteiger partial charge in [0.05, 0.1) is 18.8 Å². The van der Waals surface area contributed by atoms with E-state index in [0.717, 1.165) is 18.2 Å². The molecule has 2 fully saturated rings. The summed E-state index contributed by atoms with van der Waals surface area (Å²) in [4.78, 5) is 0. The topological polar surface area (TPSA) is 36.9 Å². The molecule has 0 aromatic heterocycles. The van der Waals surface area contributed by atoms with E-state index in [1.807, 2.05) is 0 Å². The van der Waals surface area contributed by atoms with Gasteiger partial charge in [-0.1, -0.05) is 37.8 Å². The molecule has 0 atom stereocenters. The number of hydrogen-bond donors (Lipinski definition) is 0. The minimum atomic E-state index is -5.11. The summed E-state index contributed by atoms with van der Waals surface area (Å²) < 4.78 is 99.0. The molecule has 1 heterocycles. The first-order valence-corrected chi connectivity index (χ1v) is 10.6. The van der Waals surface area contributed by atoms with Gasteiger partial charge < -0.3 is 18.9 Å². The van der Waals surface area contributed by atoms with Gasteiger partial charge in [0, 0.05) is 17.5 Å². The van der Waals surface area contributed by atoms with E-state index in [1.54, 1.807) is 0 Å². The highest BCUT2D eigenvalue weighted by molar-refractivity contribution is 5.34. The van der Waals surface area contributed by atoms with Crippen molar-refractivity contribution in [3.63, 3.8) is 0 Å². The Labute approximate surface area is 186 Å². The van der Waals surface area contributed by atoms with Crippen molar-refractivity contribution in [2.45, 2.75) is 44.4 Å². The number of halogens is 6. The van der Waals surface area contributed by atoms with Crippen molar-refractivity contribution in [1.82, 2.24) is 0 Å². The molecule has 1 aliphatic carbocycles. The molecule has 0 spiro atoms. The van der Waals surface area contributed by atoms with Crippen LogP contribution >= 0.6 is 0 Å². The molecule has 33 heavy (non-hydrogen) atoms. The van der Waals surface area contributed by atoms with Crippen molar-refractivity contribution >= 4 is 0 Å². The highest BCUT2D eigenvalue weighted by atomic mass is 19.4. The van der Waals surface area contributed by atoms with Crippen LogP contribution in [0.4, 0.5) is 26.3 Å². The molecular weight excluding hydrogens is 454 g/mol. The molecule has 1 saturated heterocycles. The van der Waals surface area contributed by atoms with Crippen molar-refractivity contribution in [2.75, 3.05) is 13.2 Å². The smallest absolute Gasteiger partial charge is 0.429 e. The molecule has 2 aliphatic rings. The Morgan fingerprint density at radius 2 is 1.42 bits per heavy atom. The molecule has 1 saturated carbocycles. The molecule has 0 unspecified atom stereocenters. The van der Waals surface area contributed by atoms with Gasteiger partial charge in [-0.2, -0.15) is 8.78 Å². The molecule has 0 radical (unpaired) electrons. The zero-order chi connectivity index (χ0) is 23.6. The normalized spacial score (nSPS) is 22.4. The van der Waals surface area contributed by atoms with Gasteiger partial charge in [0.25, 0.3) is 0 Å². The van der Waals surface area contributed by atoms with Crippen LogP contribution in [0.15, 0.2) is 42.5 Å². The monoisotopic (exact) mass is 476 g/mol. The predicted molar refractivity (Wildman–Crippen MR) is 104 cm³/mol. The summed E-state index contributed by atoms with van der Waals surface area (Å²) >= 11 is 0. The SMILES string of the molecule is Fc1cc(OC(F)(F)c2ccc(C3OCC(C4CCCC4)CO3)cc2)ccc1OC(F)(F)F. The largest absolute Gasteiger partial charge is 0.573 e. The van der Waals surface area contributed by atoms with E-state index in [2.05, 4.69) is 9.47 Å². The summed E-state index contributed by atoms with van der Waals surface area (Å²) in [6, 6.07) is 6.83. The molecule has 0 N–H and O–H groups in total. The van der Waals surface area contributed by atoms with Crippen LogP contribution < -0.4 is 9.47 Å². The van der Waals surface area contributed by atoms with Crippen LogP contribution in [0.3, 0.4) is 0 Å². The van der Waals surface area contributed by atoms with Gasteiger partial charge >= 0.3 is 12.5 Å². The van der Waals surface area contributed by atoms with Gasteiger partial charge in [0.1, 0.15) is 5.75 Å². The van der Waals surface area contributed by atoms with Gasteiger partial charge in [-0.3, -0.25) is 0 Å². The molecule has 4 rings (SSSR count). The Morgan fingerprint density at radius 1 is 0.788 bits per heavy atom. The number of ether oxygens (including phenoxy) is 4. The standard InChI is InChI=1S/C23H22F6O4/c24-19-11-18(9-10-20(19)33-23(27,28)29)32-22(25,26)17-7-5-15(6-8-17)21-30-12-16(13-31-21)14-3-1-2-4-14/h5-11,14,16,21H,1-4,12-13H2. The van der Waals surface area contributed by atoms with Crippen LogP contribution in [-0.4, -0.2) is 19.6 Å². The fourth-order valence-electron chi connectivity index (χ4n) is 4.21. The van der Waals surface area contributed by atoms with Crippen LogP contribution in [0.25, 0.3) is 0 Å². The Morgan fingerprint density at radius 3 is 2.00 bits per heavy atom. The van der Waals surface area contributed by atoms with Crippen molar-refractivity contribution in [2.24, 2.45) is 11.8 Å². The highest BCUT2D eigenvalue weighted by Gasteiger charge is 2.37. The van der Waals surface area contributed by atoms with E-state index in [1.165, 1.54) is 37.8 Å². The van der Waals surface area contributed by atoms with Gasteiger partial charge in [0.15, 0.2) is 17.9 Å². The third kappa shape index (κ3) is 5.92. The lowest BCUT2D eigenvalue weighted by atomic mass is 9.92. The number of benzene rings is 2. The number of hydrogen-bond acceptors (Lipinski definition) is 4. The minimum Gasteiger partial charge on any atom is -0.429 e. The first-order chi connectivity index (χ1) is 15.6. The summed E-state index contributed by atoms with van der Waals surface area (Å²) in [7, 11) is 0. The van der Waals surface area contributed by atoms with Crippen molar-refractivity contribution in [1.29, 1.82) is 0 Å². The Balaban J connectivity index is 1.37. The fraction of sp³-hybridized carbons (Fsp3) is 0.478. The fourth-order valence-corrected chi connectivity index (χ4v) is 4.21. The molecular formula is C23H22F6O4. The van der Waals surface area contributed by atoms with Crippen molar-refractivity contribution < 1.29 is 45.3 Å². The molecule has 10 heteroatoms. The van der Waals surface area contributed by atoms with E-state index in [0.29, 0.717) is 42.7 Å². The minimum absolute atomic E-state index is 0.342. The van der Waals surface area contributed by atoms with Crippen LogP contribution in [-0.2, 0) is 15.6 Å². The molecule has 0 amide bonds. The van der Waals surface area contributed by atoms with E-state index in [4.69, 9.17) is 9.47 Å². The maximum atomic E-state index is 14.5. The quantitative estimate of drug-likeness (QED) is 0.435. The van der Waals surface area contributed by atoms with Gasteiger partial charge in [-0.15, -0.1) is 13.2 Å². The highest BCUT2D eigenvalue weighted by Crippen LogP contribution is 2.38. The summed E-state index contributed by atoms with van der Waals surface area (Å²) in [6.45, 7) is 1.10. The second-order valence-electron chi connectivity index (χ2n) is 8.18. The van der Waals surface area contributed by atoms with Gasteiger partial charge in [-0.05, 0) is 30.2 Å². The lowest BCUT2D eigenvalue weighted by Gasteiger charge is -2.33. The molecule has 180 valence electrons. The van der Waals surface area contributed by atoms with Crippen LogP contribution in [0.5, 0.6) is 11.5 Å². The molecule has 4 nitrogen and oxygen atoms in total. The van der Waals surface area contributed by atoms with E-state index in [-0.39, 0.29) is 0 Å². The molecule has 2 aromatic rings. The summed E-state index contributed by atoms with van der Waals surface area (Å²) in [5.41, 5.74) is 0.0426. The zero-order valence-electron chi connectivity index (χ0n) is 17.4. The van der Waals surface area contributed by atoms with Crippen LogP contribution in [0, 0.1) is 17.7 Å². The average Bonchev–Trinajstić information content (AvgIpc) is 3.30. The first-order valence-electron chi connectivity index (χ1n) is 10.6. The van der Waals surface area contributed by atoms with E-state index >= 15 is 0 Å².